The number of nitrogens with zero attached hydrogens (tertiary/aromatic N) is 1. The highest BCUT2D eigenvalue weighted by Crippen LogP contribution is 2.44. The first-order valence-corrected chi connectivity index (χ1v) is 11.3. The van der Waals surface area contributed by atoms with E-state index in [0.717, 1.165) is 0 Å². The first-order chi connectivity index (χ1) is 12.4. The van der Waals surface area contributed by atoms with Crippen molar-refractivity contribution < 1.29 is 29.7 Å². The zero-order chi connectivity index (χ0) is 19.1. The third kappa shape index (κ3) is 5.49. The molecule has 1 aliphatic heterocycles. The van der Waals surface area contributed by atoms with Gasteiger partial charge in [-0.2, -0.15) is 0 Å². The van der Waals surface area contributed by atoms with Crippen molar-refractivity contribution in [3.63, 3.8) is 0 Å². The van der Waals surface area contributed by atoms with Crippen molar-refractivity contribution in [3.05, 3.63) is 29.8 Å². The molecule has 1 saturated heterocycles. The summed E-state index contributed by atoms with van der Waals surface area (Å²) >= 11 is 1.32. The van der Waals surface area contributed by atoms with E-state index in [-0.39, 0.29) is 30.3 Å². The van der Waals surface area contributed by atoms with Gasteiger partial charge in [0.05, 0.1) is 6.42 Å². The number of amides is 1. The second-order valence-corrected chi connectivity index (χ2v) is 9.25. The van der Waals surface area contributed by atoms with Gasteiger partial charge >= 0.3 is 11.9 Å². The Morgan fingerprint density at radius 2 is 1.77 bits per heavy atom. The summed E-state index contributed by atoms with van der Waals surface area (Å²) in [6.45, 7) is 0. The highest BCUT2D eigenvalue weighted by molar-refractivity contribution is 8.76. The normalized spacial score (nSPS) is 19.5. The van der Waals surface area contributed by atoms with Crippen molar-refractivity contribution in [2.45, 2.75) is 24.3 Å². The predicted octanol–water partition coefficient (Wildman–Crippen LogP) is 2.67. The number of phenolic OH excluding ortho intramolecular Hbond substituents is 1. The zero-order valence-corrected chi connectivity index (χ0v) is 16.2. The molecular formula is C16H19NO6S3. The SMILES string of the molecule is O=C(O)CCSSCCC(=O)N1C(c2ccccc2O)SC[C@H]1C(=O)O. The molecular weight excluding hydrogens is 398 g/mol. The lowest BCUT2D eigenvalue weighted by Gasteiger charge is -2.28. The van der Waals surface area contributed by atoms with Gasteiger partial charge < -0.3 is 20.2 Å². The largest absolute Gasteiger partial charge is 0.508 e. The van der Waals surface area contributed by atoms with Crippen LogP contribution in [0.15, 0.2) is 24.3 Å². The molecule has 7 nitrogen and oxygen atoms in total. The van der Waals surface area contributed by atoms with Crippen molar-refractivity contribution in [1.82, 2.24) is 4.90 Å². The van der Waals surface area contributed by atoms with Gasteiger partial charge in [-0.25, -0.2) is 4.79 Å². The fourth-order valence-corrected chi connectivity index (χ4v) is 5.87. The fourth-order valence-electron chi connectivity index (χ4n) is 2.44. The minimum absolute atomic E-state index is 0.0347. The number of hydrogen-bond acceptors (Lipinski definition) is 7. The minimum Gasteiger partial charge on any atom is -0.508 e. The summed E-state index contributed by atoms with van der Waals surface area (Å²) in [5, 5.41) is 27.5. The molecule has 0 aliphatic carbocycles. The zero-order valence-electron chi connectivity index (χ0n) is 13.7. The van der Waals surface area contributed by atoms with E-state index in [1.807, 2.05) is 0 Å². The van der Waals surface area contributed by atoms with Gasteiger partial charge in [0.1, 0.15) is 17.2 Å². The molecule has 0 radical (unpaired) electrons. The second kappa shape index (κ2) is 9.98. The van der Waals surface area contributed by atoms with Gasteiger partial charge in [0.2, 0.25) is 5.91 Å². The Balaban J connectivity index is 1.99. The van der Waals surface area contributed by atoms with E-state index < -0.39 is 23.4 Å². The standard InChI is InChI=1S/C16H19NO6S3/c18-12-4-2-1-3-10(12)15-17(11(9-24-15)16(22)23)13(19)5-7-25-26-8-6-14(20)21/h1-4,11,15,18H,5-9H2,(H,20,21)(H,22,23)/t11-,15?/m0/s1. The molecule has 3 N–H and O–H groups in total. The molecule has 142 valence electrons. The quantitative estimate of drug-likeness (QED) is 0.412. The number of benzene rings is 1. The Morgan fingerprint density at radius 1 is 1.12 bits per heavy atom. The van der Waals surface area contributed by atoms with Gasteiger partial charge in [-0.3, -0.25) is 9.59 Å². The lowest BCUT2D eigenvalue weighted by atomic mass is 10.1. The van der Waals surface area contributed by atoms with Crippen molar-refractivity contribution >= 4 is 51.2 Å². The second-order valence-electron chi connectivity index (χ2n) is 5.44. The highest BCUT2D eigenvalue weighted by atomic mass is 33.1. The van der Waals surface area contributed by atoms with Crippen LogP contribution in [0.3, 0.4) is 0 Å². The summed E-state index contributed by atoms with van der Waals surface area (Å²) < 4.78 is 0. The Bertz CT molecular complexity index is 671. The molecule has 1 heterocycles. The van der Waals surface area contributed by atoms with E-state index in [4.69, 9.17) is 5.11 Å². The van der Waals surface area contributed by atoms with Gasteiger partial charge in [-0.05, 0) is 6.07 Å². The molecule has 2 rings (SSSR count). The van der Waals surface area contributed by atoms with Crippen LogP contribution in [0.2, 0.25) is 0 Å². The van der Waals surface area contributed by atoms with E-state index in [0.29, 0.717) is 17.1 Å². The van der Waals surface area contributed by atoms with Crippen LogP contribution in [0.5, 0.6) is 5.75 Å². The minimum atomic E-state index is -1.06. The summed E-state index contributed by atoms with van der Waals surface area (Å²) in [6.07, 6.45) is 0.212. The highest BCUT2D eigenvalue weighted by Gasteiger charge is 2.42. The molecule has 1 fully saturated rings. The third-order valence-electron chi connectivity index (χ3n) is 3.66. The number of aromatic hydroxyl groups is 1. The molecule has 0 spiro atoms. The number of thioether (sulfide) groups is 1. The van der Waals surface area contributed by atoms with Crippen LogP contribution in [0, 0.1) is 0 Å². The van der Waals surface area contributed by atoms with Crippen molar-refractivity contribution in [1.29, 1.82) is 0 Å². The van der Waals surface area contributed by atoms with Gasteiger partial charge in [0.15, 0.2) is 0 Å². The predicted molar refractivity (Wildman–Crippen MR) is 103 cm³/mol. The molecule has 1 amide bonds. The molecule has 1 aliphatic rings. The fraction of sp³-hybridized carbons (Fsp3) is 0.438. The molecule has 1 aromatic rings. The summed E-state index contributed by atoms with van der Waals surface area (Å²) in [5.41, 5.74) is 0.526. The number of carboxylic acid groups (broad SMARTS) is 2. The number of hydrogen-bond donors (Lipinski definition) is 3. The molecule has 0 aromatic heterocycles. The van der Waals surface area contributed by atoms with Crippen LogP contribution >= 0.6 is 33.3 Å². The van der Waals surface area contributed by atoms with Crippen molar-refractivity contribution in [2.24, 2.45) is 0 Å². The number of aliphatic carboxylic acids is 2. The summed E-state index contributed by atoms with van der Waals surface area (Å²) in [5.74, 6) is -1.00. The first-order valence-electron chi connectivity index (χ1n) is 7.81. The molecule has 10 heteroatoms. The molecule has 0 bridgehead atoms. The van der Waals surface area contributed by atoms with Gasteiger partial charge in [-0.15, -0.1) is 11.8 Å². The van der Waals surface area contributed by atoms with E-state index in [1.165, 1.54) is 44.3 Å². The number of rotatable bonds is 9. The van der Waals surface area contributed by atoms with Gasteiger partial charge in [0.25, 0.3) is 0 Å². The first kappa shape index (κ1) is 20.8. The molecule has 2 atom stereocenters. The Kier molecular flexibility index (Phi) is 7.98. The third-order valence-corrected chi connectivity index (χ3v) is 7.37. The Morgan fingerprint density at radius 3 is 2.38 bits per heavy atom. The smallest absolute Gasteiger partial charge is 0.327 e. The lowest BCUT2D eigenvalue weighted by molar-refractivity contribution is -0.149. The maximum Gasteiger partial charge on any atom is 0.327 e. The molecule has 26 heavy (non-hydrogen) atoms. The molecule has 0 saturated carbocycles. The van der Waals surface area contributed by atoms with Gasteiger partial charge in [-0.1, -0.05) is 39.8 Å². The monoisotopic (exact) mass is 417 g/mol. The summed E-state index contributed by atoms with van der Waals surface area (Å²) in [4.78, 5) is 36.0. The number of carbonyl (C=O) groups is 3. The van der Waals surface area contributed by atoms with Gasteiger partial charge in [0, 0.05) is 29.2 Å². The van der Waals surface area contributed by atoms with Crippen LogP contribution in [-0.2, 0) is 14.4 Å². The average Bonchev–Trinajstić information content (AvgIpc) is 3.03. The lowest BCUT2D eigenvalue weighted by Crippen LogP contribution is -2.43. The number of phenols is 1. The summed E-state index contributed by atoms with van der Waals surface area (Å²) in [6, 6.07) is 5.68. The number of carbonyl (C=O) groups excluding carboxylic acids is 1. The molecule has 1 unspecified atom stereocenters. The number of para-hydroxylation sites is 1. The average molecular weight is 418 g/mol. The Hall–Kier alpha value is -1.52. The van der Waals surface area contributed by atoms with Crippen LogP contribution in [0.4, 0.5) is 0 Å². The van der Waals surface area contributed by atoms with Crippen molar-refractivity contribution in [2.75, 3.05) is 17.3 Å². The van der Waals surface area contributed by atoms with E-state index in [2.05, 4.69) is 0 Å². The maximum atomic E-state index is 12.6. The van der Waals surface area contributed by atoms with Crippen LogP contribution in [0.1, 0.15) is 23.8 Å². The number of carboxylic acids is 2. The molecule has 1 aromatic carbocycles. The van der Waals surface area contributed by atoms with E-state index >= 15 is 0 Å². The van der Waals surface area contributed by atoms with Crippen LogP contribution in [-0.4, -0.2) is 61.4 Å². The van der Waals surface area contributed by atoms with Crippen LogP contribution in [0.25, 0.3) is 0 Å². The Labute approximate surface area is 162 Å². The maximum absolute atomic E-state index is 12.6. The summed E-state index contributed by atoms with van der Waals surface area (Å²) in [7, 11) is 2.77. The van der Waals surface area contributed by atoms with E-state index in [1.54, 1.807) is 18.2 Å². The van der Waals surface area contributed by atoms with E-state index in [9.17, 15) is 24.6 Å². The van der Waals surface area contributed by atoms with Crippen molar-refractivity contribution in [3.8, 4) is 5.75 Å². The topological polar surface area (TPSA) is 115 Å². The van der Waals surface area contributed by atoms with Crippen LogP contribution < -0.4 is 0 Å².